The van der Waals surface area contributed by atoms with E-state index in [2.05, 4.69) is 79.0 Å². The third-order valence-electron chi connectivity index (χ3n) is 9.24. The van der Waals surface area contributed by atoms with Crippen LogP contribution in [0.4, 0.5) is 17.6 Å². The lowest BCUT2D eigenvalue weighted by Crippen LogP contribution is -2.44. The van der Waals surface area contributed by atoms with Gasteiger partial charge >= 0.3 is 0 Å². The Morgan fingerprint density at radius 3 is 2.62 bits per heavy atom. The van der Waals surface area contributed by atoms with Crippen molar-refractivity contribution >= 4 is 17.6 Å². The number of ether oxygens (including phenoxy) is 1. The third-order valence-corrected chi connectivity index (χ3v) is 9.24. The molecule has 0 spiro atoms. The molecular weight excluding hydrogens is 500 g/mol. The standard InChI is InChI=1S/C31H34N8O/c32-30-34-31(37-39(30)28-15-22-6-3-5-20-4-1-2-7-27(20)29(22)36-35-28)33-23-11-8-19-9-12-24(13-10-21(19)14-23)38-17-26-16-25(38)18-40-26/h1-2,4,7-8,11,14-15,24-26H,3,5-6,9-10,12-13,16-18H2,(H3,32,33,34,37)/t24?,25-,26-/m0/s1. The number of anilines is 3. The highest BCUT2D eigenvalue weighted by atomic mass is 16.5. The van der Waals surface area contributed by atoms with Crippen molar-refractivity contribution in [1.29, 1.82) is 0 Å². The Morgan fingerprint density at radius 1 is 0.875 bits per heavy atom. The van der Waals surface area contributed by atoms with Gasteiger partial charge in [0.1, 0.15) is 0 Å². The van der Waals surface area contributed by atoms with Crippen molar-refractivity contribution in [2.24, 2.45) is 0 Å². The number of nitrogens with one attached hydrogen (secondary N) is 1. The number of hydrogen-bond donors (Lipinski definition) is 2. The maximum Gasteiger partial charge on any atom is 0.248 e. The van der Waals surface area contributed by atoms with E-state index < -0.39 is 0 Å². The number of rotatable bonds is 4. The molecule has 9 nitrogen and oxygen atoms in total. The number of fused-ring (bicyclic) bond motifs is 6. The maximum absolute atomic E-state index is 6.31. The van der Waals surface area contributed by atoms with Crippen molar-refractivity contribution in [3.8, 4) is 17.1 Å². The second kappa shape index (κ2) is 9.67. The van der Waals surface area contributed by atoms with Gasteiger partial charge in [-0.1, -0.05) is 30.3 Å². The van der Waals surface area contributed by atoms with Crippen LogP contribution < -0.4 is 11.1 Å². The number of morpholine rings is 1. The molecule has 4 aliphatic rings. The van der Waals surface area contributed by atoms with Crippen LogP contribution in [0.25, 0.3) is 17.1 Å². The summed E-state index contributed by atoms with van der Waals surface area (Å²) in [6.07, 6.45) is 9.34. The SMILES string of the molecule is Nc1nc(Nc2ccc3c(c2)CCC(N2C[C@@H]4C[C@H]2CO4)CC3)nn1-c1cc2c(nn1)-c1ccccc1CCC2. The summed E-state index contributed by atoms with van der Waals surface area (Å²) in [5.41, 5.74) is 14.8. The van der Waals surface area contributed by atoms with Crippen LogP contribution in [0.1, 0.15) is 47.9 Å². The molecule has 0 radical (unpaired) electrons. The van der Waals surface area contributed by atoms with Gasteiger partial charge in [-0.2, -0.15) is 9.67 Å². The molecule has 40 heavy (non-hydrogen) atoms. The van der Waals surface area contributed by atoms with E-state index >= 15 is 0 Å². The molecule has 3 atom stereocenters. The first-order chi connectivity index (χ1) is 19.7. The zero-order valence-corrected chi connectivity index (χ0v) is 22.6. The van der Waals surface area contributed by atoms with E-state index in [0.717, 1.165) is 62.2 Å². The van der Waals surface area contributed by atoms with Gasteiger partial charge in [-0.3, -0.25) is 4.90 Å². The first kappa shape index (κ1) is 24.0. The molecule has 204 valence electrons. The molecule has 2 saturated heterocycles. The summed E-state index contributed by atoms with van der Waals surface area (Å²) < 4.78 is 7.42. The molecule has 9 heteroatoms. The molecule has 2 aromatic carbocycles. The Labute approximate surface area is 233 Å². The number of likely N-dealkylation sites (tertiary alicyclic amines) is 1. The Morgan fingerprint density at radius 2 is 1.75 bits per heavy atom. The van der Waals surface area contributed by atoms with E-state index in [9.17, 15) is 0 Å². The van der Waals surface area contributed by atoms with E-state index in [1.165, 1.54) is 41.5 Å². The number of aromatic nitrogens is 5. The van der Waals surface area contributed by atoms with Crippen molar-refractivity contribution in [1.82, 2.24) is 29.9 Å². The zero-order valence-electron chi connectivity index (χ0n) is 22.6. The van der Waals surface area contributed by atoms with Crippen LogP contribution in [0.3, 0.4) is 0 Å². The van der Waals surface area contributed by atoms with Crippen LogP contribution >= 0.6 is 0 Å². The normalized spacial score (nSPS) is 23.6. The molecule has 0 saturated carbocycles. The van der Waals surface area contributed by atoms with Gasteiger partial charge < -0.3 is 15.8 Å². The number of nitrogens with two attached hydrogens (primary N) is 1. The van der Waals surface area contributed by atoms with E-state index in [4.69, 9.17) is 10.5 Å². The van der Waals surface area contributed by atoms with Gasteiger partial charge in [-0.15, -0.1) is 15.3 Å². The summed E-state index contributed by atoms with van der Waals surface area (Å²) in [6, 6.07) is 18.4. The molecule has 2 aliphatic heterocycles. The maximum atomic E-state index is 6.31. The van der Waals surface area contributed by atoms with Gasteiger partial charge in [0.15, 0.2) is 5.82 Å². The Kier molecular flexibility index (Phi) is 5.81. The first-order valence-electron chi connectivity index (χ1n) is 14.6. The van der Waals surface area contributed by atoms with Crippen LogP contribution in [-0.4, -0.2) is 61.2 Å². The minimum atomic E-state index is 0.285. The van der Waals surface area contributed by atoms with Crippen LogP contribution in [0.15, 0.2) is 48.5 Å². The van der Waals surface area contributed by atoms with Crippen molar-refractivity contribution in [3.05, 3.63) is 70.8 Å². The zero-order chi connectivity index (χ0) is 26.6. The predicted octanol–water partition coefficient (Wildman–Crippen LogP) is 4.26. The lowest BCUT2D eigenvalue weighted by atomic mass is 10.0. The quantitative estimate of drug-likeness (QED) is 0.374. The number of aryl methyl sites for hydroxylation is 4. The van der Waals surface area contributed by atoms with Crippen LogP contribution in [-0.2, 0) is 30.4 Å². The number of nitrogen functional groups attached to an aromatic ring is 1. The Hall–Kier alpha value is -3.82. The van der Waals surface area contributed by atoms with Crippen molar-refractivity contribution in [3.63, 3.8) is 0 Å². The molecule has 8 rings (SSSR count). The van der Waals surface area contributed by atoms with Gasteiger partial charge in [0.25, 0.3) is 0 Å². The Bertz CT molecular complexity index is 1580. The van der Waals surface area contributed by atoms with Crippen LogP contribution in [0.2, 0.25) is 0 Å². The minimum Gasteiger partial charge on any atom is -0.375 e. The molecule has 3 N–H and O–H groups in total. The minimum absolute atomic E-state index is 0.285. The van der Waals surface area contributed by atoms with Crippen molar-refractivity contribution in [2.75, 3.05) is 24.2 Å². The summed E-state index contributed by atoms with van der Waals surface area (Å²) in [7, 11) is 0. The summed E-state index contributed by atoms with van der Waals surface area (Å²) in [4.78, 5) is 7.22. The number of benzene rings is 2. The van der Waals surface area contributed by atoms with E-state index in [1.807, 2.05) is 0 Å². The van der Waals surface area contributed by atoms with E-state index in [1.54, 1.807) is 4.68 Å². The topological polar surface area (TPSA) is 107 Å². The van der Waals surface area contributed by atoms with Gasteiger partial charge in [-0.25, -0.2) is 0 Å². The fourth-order valence-electron chi connectivity index (χ4n) is 7.23. The van der Waals surface area contributed by atoms with Gasteiger partial charge in [0.05, 0.1) is 18.4 Å². The van der Waals surface area contributed by atoms with E-state index in [-0.39, 0.29) is 5.95 Å². The van der Waals surface area contributed by atoms with Gasteiger partial charge in [0, 0.05) is 29.9 Å². The van der Waals surface area contributed by atoms with Crippen molar-refractivity contribution < 1.29 is 4.74 Å². The molecule has 4 heterocycles. The highest BCUT2D eigenvalue weighted by Gasteiger charge is 2.42. The van der Waals surface area contributed by atoms with Gasteiger partial charge in [-0.05, 0) is 91.8 Å². The summed E-state index contributed by atoms with van der Waals surface area (Å²) >= 11 is 0. The largest absolute Gasteiger partial charge is 0.375 e. The predicted molar refractivity (Wildman–Crippen MR) is 154 cm³/mol. The van der Waals surface area contributed by atoms with Crippen LogP contribution in [0, 0.1) is 0 Å². The van der Waals surface area contributed by atoms with Crippen molar-refractivity contribution in [2.45, 2.75) is 69.6 Å². The number of nitrogens with zero attached hydrogens (tertiary/aromatic N) is 6. The molecule has 2 aliphatic carbocycles. The monoisotopic (exact) mass is 534 g/mol. The second-order valence-electron chi connectivity index (χ2n) is 11.7. The highest BCUT2D eigenvalue weighted by Crippen LogP contribution is 2.35. The molecule has 1 unspecified atom stereocenters. The second-order valence-corrected chi connectivity index (χ2v) is 11.7. The average molecular weight is 535 g/mol. The lowest BCUT2D eigenvalue weighted by molar-refractivity contribution is 0.00854. The highest BCUT2D eigenvalue weighted by molar-refractivity contribution is 5.68. The molecule has 2 aromatic heterocycles. The average Bonchev–Trinajstić information content (AvgIpc) is 3.62. The van der Waals surface area contributed by atoms with Gasteiger partial charge in [0.2, 0.25) is 11.9 Å². The summed E-state index contributed by atoms with van der Waals surface area (Å²) in [5.74, 6) is 1.33. The summed E-state index contributed by atoms with van der Waals surface area (Å²) in [6.45, 7) is 2.02. The number of hydrogen-bond acceptors (Lipinski definition) is 8. The molecular formula is C31H34N8O. The molecule has 2 bridgehead atoms. The van der Waals surface area contributed by atoms with E-state index in [0.29, 0.717) is 30.0 Å². The smallest absolute Gasteiger partial charge is 0.248 e. The third kappa shape index (κ3) is 4.24. The fourth-order valence-corrected chi connectivity index (χ4v) is 7.23. The fraction of sp³-hybridized carbons (Fsp3) is 0.419. The first-order valence-corrected chi connectivity index (χ1v) is 14.6. The molecule has 0 amide bonds. The molecule has 2 fully saturated rings. The summed E-state index contributed by atoms with van der Waals surface area (Å²) in [5, 5.41) is 17.1. The lowest BCUT2D eigenvalue weighted by Gasteiger charge is -2.34. The Balaban J connectivity index is 1.00. The van der Waals surface area contributed by atoms with Crippen LogP contribution in [0.5, 0.6) is 0 Å². The molecule has 4 aromatic rings.